The molecule has 0 spiro atoms. The van der Waals surface area contributed by atoms with Crippen LogP contribution in [0.3, 0.4) is 0 Å². The maximum Gasteiger partial charge on any atom is 0.492 e. The molecule has 0 bridgehead atoms. The molecule has 7 heteroatoms. The fourth-order valence-electron chi connectivity index (χ4n) is 2.97. The van der Waals surface area contributed by atoms with Gasteiger partial charge in [0.05, 0.1) is 12.6 Å². The van der Waals surface area contributed by atoms with Crippen molar-refractivity contribution in [3.8, 4) is 5.75 Å². The molecular formula is C12H17BN2O4. The Morgan fingerprint density at radius 1 is 1.58 bits per heavy atom. The van der Waals surface area contributed by atoms with Crippen molar-refractivity contribution >= 4 is 18.4 Å². The van der Waals surface area contributed by atoms with Crippen molar-refractivity contribution in [2.24, 2.45) is 5.92 Å². The first kappa shape index (κ1) is 12.7. The Labute approximate surface area is 112 Å². The molecule has 1 aromatic rings. The molecule has 3 heterocycles. The minimum atomic E-state index is -1.54. The lowest BCUT2D eigenvalue weighted by molar-refractivity contribution is 0.158. The zero-order valence-corrected chi connectivity index (χ0v) is 10.8. The van der Waals surface area contributed by atoms with Crippen molar-refractivity contribution < 1.29 is 19.5 Å². The van der Waals surface area contributed by atoms with Gasteiger partial charge in [-0.15, -0.1) is 0 Å². The van der Waals surface area contributed by atoms with E-state index in [1.807, 2.05) is 0 Å². The van der Waals surface area contributed by atoms with Gasteiger partial charge < -0.3 is 24.4 Å². The third-order valence-corrected chi connectivity index (χ3v) is 3.79. The van der Waals surface area contributed by atoms with Crippen LogP contribution in [0.15, 0.2) is 12.3 Å². The maximum atomic E-state index is 9.37. The van der Waals surface area contributed by atoms with Crippen LogP contribution in [0.5, 0.6) is 5.75 Å². The molecule has 2 atom stereocenters. The number of nitrogens with zero attached hydrogens (tertiary/aromatic N) is 2. The van der Waals surface area contributed by atoms with E-state index in [9.17, 15) is 10.0 Å². The Kier molecular flexibility index (Phi) is 3.34. The maximum absolute atomic E-state index is 9.37. The molecule has 0 aromatic carbocycles. The van der Waals surface area contributed by atoms with Crippen LogP contribution in [0, 0.1) is 5.92 Å². The third-order valence-electron chi connectivity index (χ3n) is 3.79. The average Bonchev–Trinajstić information content (AvgIpc) is 2.81. The van der Waals surface area contributed by atoms with Crippen molar-refractivity contribution in [2.75, 3.05) is 31.8 Å². The number of fused-ring (bicyclic) bond motifs is 3. The van der Waals surface area contributed by atoms with Crippen LogP contribution in [-0.2, 0) is 4.74 Å². The first-order valence-corrected chi connectivity index (χ1v) is 6.44. The summed E-state index contributed by atoms with van der Waals surface area (Å²) in [4.78, 5) is 6.53. The number of anilines is 1. The van der Waals surface area contributed by atoms with Crippen molar-refractivity contribution in [1.82, 2.24) is 4.98 Å². The number of pyridine rings is 1. The van der Waals surface area contributed by atoms with Gasteiger partial charge in [0, 0.05) is 31.2 Å². The van der Waals surface area contributed by atoms with Crippen LogP contribution in [0.1, 0.15) is 6.42 Å². The number of hydrogen-bond acceptors (Lipinski definition) is 6. The first-order valence-electron chi connectivity index (χ1n) is 6.44. The van der Waals surface area contributed by atoms with Crippen LogP contribution in [-0.4, -0.2) is 55.1 Å². The normalized spacial score (nSPS) is 24.7. The van der Waals surface area contributed by atoms with E-state index >= 15 is 0 Å². The molecule has 2 aliphatic heterocycles. The van der Waals surface area contributed by atoms with Crippen molar-refractivity contribution in [3.63, 3.8) is 0 Å². The van der Waals surface area contributed by atoms with Gasteiger partial charge in [-0.25, -0.2) is 4.98 Å². The monoisotopic (exact) mass is 264 g/mol. The number of methoxy groups -OCH3 is 1. The minimum absolute atomic E-state index is 0.297. The highest BCUT2D eigenvalue weighted by Crippen LogP contribution is 2.37. The second-order valence-corrected chi connectivity index (χ2v) is 5.10. The summed E-state index contributed by atoms with van der Waals surface area (Å²) in [5.41, 5.74) is 0.374. The van der Waals surface area contributed by atoms with Gasteiger partial charge in [-0.2, -0.15) is 0 Å². The fraction of sp³-hybridized carbons (Fsp3) is 0.583. The molecule has 0 aliphatic carbocycles. The Morgan fingerprint density at radius 3 is 3.16 bits per heavy atom. The van der Waals surface area contributed by atoms with Gasteiger partial charge >= 0.3 is 7.12 Å². The highest BCUT2D eigenvalue weighted by atomic mass is 16.5. The van der Waals surface area contributed by atoms with E-state index in [0.717, 1.165) is 19.6 Å². The first-order chi connectivity index (χ1) is 9.20. The standard InChI is InChI=1S/C12H17BN2O4/c1-18-6-8-4-9-7-19-11-10(13(16)17)2-3-14-12(11)15(9)5-8/h2-3,8-9,16-17H,4-7H2,1H3/t8-,9-/m0/s1. The summed E-state index contributed by atoms with van der Waals surface area (Å²) in [7, 11) is 0.172. The highest BCUT2D eigenvalue weighted by molar-refractivity contribution is 6.60. The second kappa shape index (κ2) is 4.99. The molecule has 1 saturated heterocycles. The Morgan fingerprint density at radius 2 is 2.42 bits per heavy atom. The van der Waals surface area contributed by atoms with E-state index in [4.69, 9.17) is 9.47 Å². The lowest BCUT2D eigenvalue weighted by Crippen LogP contribution is -2.43. The Balaban J connectivity index is 1.91. The molecule has 0 radical (unpaired) electrons. The SMILES string of the molecule is COC[C@H]1C[C@H]2COc3c(B(O)O)ccnc3N2C1. The van der Waals surface area contributed by atoms with Gasteiger partial charge in [-0.1, -0.05) is 0 Å². The number of hydrogen-bond donors (Lipinski definition) is 2. The van der Waals surface area contributed by atoms with E-state index in [0.29, 0.717) is 35.6 Å². The average molecular weight is 264 g/mol. The lowest BCUT2D eigenvalue weighted by Gasteiger charge is -2.33. The molecule has 0 unspecified atom stereocenters. The molecular weight excluding hydrogens is 247 g/mol. The molecule has 3 rings (SSSR count). The predicted octanol–water partition coefficient (Wildman–Crippen LogP) is -1.00. The van der Waals surface area contributed by atoms with Gasteiger partial charge in [0.25, 0.3) is 0 Å². The summed E-state index contributed by atoms with van der Waals surface area (Å²) in [6, 6.07) is 1.87. The van der Waals surface area contributed by atoms with Gasteiger partial charge in [0.15, 0.2) is 11.6 Å². The Bertz CT molecular complexity index is 471. The van der Waals surface area contributed by atoms with E-state index in [1.165, 1.54) is 0 Å². The van der Waals surface area contributed by atoms with Crippen LogP contribution in [0.4, 0.5) is 5.82 Å². The van der Waals surface area contributed by atoms with Crippen LogP contribution in [0.2, 0.25) is 0 Å². The van der Waals surface area contributed by atoms with Crippen molar-refractivity contribution in [1.29, 1.82) is 0 Å². The molecule has 1 fully saturated rings. The van der Waals surface area contributed by atoms with E-state index in [-0.39, 0.29) is 0 Å². The van der Waals surface area contributed by atoms with E-state index < -0.39 is 7.12 Å². The van der Waals surface area contributed by atoms with Gasteiger partial charge in [-0.3, -0.25) is 0 Å². The molecule has 102 valence electrons. The Hall–Kier alpha value is -1.31. The summed E-state index contributed by atoms with van der Waals surface area (Å²) in [6.45, 7) is 2.15. The lowest BCUT2D eigenvalue weighted by atomic mass is 9.80. The van der Waals surface area contributed by atoms with Gasteiger partial charge in [0.2, 0.25) is 0 Å². The fourth-order valence-corrected chi connectivity index (χ4v) is 2.97. The summed E-state index contributed by atoms with van der Waals surface area (Å²) >= 11 is 0. The molecule has 6 nitrogen and oxygen atoms in total. The zero-order valence-electron chi connectivity index (χ0n) is 10.8. The zero-order chi connectivity index (χ0) is 13.4. The van der Waals surface area contributed by atoms with E-state index in [1.54, 1.807) is 19.4 Å². The summed E-state index contributed by atoms with van der Waals surface area (Å²) < 4.78 is 10.9. The smallest absolute Gasteiger partial charge is 0.488 e. The van der Waals surface area contributed by atoms with Crippen LogP contribution in [0.25, 0.3) is 0 Å². The van der Waals surface area contributed by atoms with Crippen LogP contribution >= 0.6 is 0 Å². The largest absolute Gasteiger partial charge is 0.492 e. The van der Waals surface area contributed by atoms with Crippen molar-refractivity contribution in [3.05, 3.63) is 12.3 Å². The molecule has 19 heavy (non-hydrogen) atoms. The minimum Gasteiger partial charge on any atom is -0.488 e. The van der Waals surface area contributed by atoms with E-state index in [2.05, 4.69) is 9.88 Å². The van der Waals surface area contributed by atoms with Gasteiger partial charge in [0.1, 0.15) is 6.61 Å². The third kappa shape index (κ3) is 2.18. The number of ether oxygens (including phenoxy) is 2. The predicted molar refractivity (Wildman–Crippen MR) is 70.7 cm³/mol. The molecule has 0 saturated carbocycles. The molecule has 2 N–H and O–H groups in total. The number of rotatable bonds is 3. The van der Waals surface area contributed by atoms with Crippen molar-refractivity contribution in [2.45, 2.75) is 12.5 Å². The second-order valence-electron chi connectivity index (χ2n) is 5.10. The quantitative estimate of drug-likeness (QED) is 0.682. The molecule has 0 amide bonds. The summed E-state index contributed by atoms with van der Waals surface area (Å²) in [6.07, 6.45) is 2.60. The van der Waals surface area contributed by atoms with Crippen LogP contribution < -0.4 is 15.1 Å². The summed E-state index contributed by atoms with van der Waals surface area (Å²) in [5, 5.41) is 18.7. The summed E-state index contributed by atoms with van der Waals surface area (Å²) in [5.74, 6) is 1.67. The molecule has 1 aromatic heterocycles. The molecule has 2 aliphatic rings. The number of aromatic nitrogens is 1. The highest BCUT2D eigenvalue weighted by Gasteiger charge is 2.39. The topological polar surface area (TPSA) is 75.0 Å². The van der Waals surface area contributed by atoms with Gasteiger partial charge in [-0.05, 0) is 12.5 Å².